The molecule has 0 aromatic heterocycles. The Morgan fingerprint density at radius 3 is 2.61 bits per heavy atom. The van der Waals surface area contributed by atoms with Crippen LogP contribution in [0.1, 0.15) is 24.2 Å². The fourth-order valence-electron chi connectivity index (χ4n) is 1.32. The summed E-state index contributed by atoms with van der Waals surface area (Å²) < 4.78 is 0. The Morgan fingerprint density at radius 1 is 1.39 bits per heavy atom. The Kier molecular flexibility index (Phi) is 4.97. The summed E-state index contributed by atoms with van der Waals surface area (Å²) in [5.74, 6) is -0.599. The van der Waals surface area contributed by atoms with Crippen molar-refractivity contribution in [1.82, 2.24) is 10.6 Å². The van der Waals surface area contributed by atoms with Gasteiger partial charge in [0.05, 0.1) is 17.3 Å². The first-order chi connectivity index (χ1) is 8.40. The van der Waals surface area contributed by atoms with Crippen LogP contribution in [0, 0.1) is 0 Å². The lowest BCUT2D eigenvalue weighted by atomic mass is 10.2. The van der Waals surface area contributed by atoms with Crippen molar-refractivity contribution in [2.45, 2.75) is 19.9 Å². The lowest BCUT2D eigenvalue weighted by Gasteiger charge is -2.09. The normalized spacial score (nSPS) is 10.2. The maximum atomic E-state index is 11.7. The molecular formula is C12H16ClN3O2. The summed E-state index contributed by atoms with van der Waals surface area (Å²) in [6.45, 7) is 3.62. The van der Waals surface area contributed by atoms with E-state index in [0.717, 1.165) is 0 Å². The van der Waals surface area contributed by atoms with Gasteiger partial charge in [-0.15, -0.1) is 0 Å². The largest absolute Gasteiger partial charge is 0.398 e. The third-order valence-electron chi connectivity index (χ3n) is 2.12. The minimum atomic E-state index is -0.364. The molecule has 2 amide bonds. The van der Waals surface area contributed by atoms with Gasteiger partial charge < -0.3 is 16.4 Å². The van der Waals surface area contributed by atoms with Crippen molar-refractivity contribution in [2.75, 3.05) is 12.3 Å². The van der Waals surface area contributed by atoms with E-state index in [-0.39, 0.29) is 24.4 Å². The van der Waals surface area contributed by atoms with Crippen molar-refractivity contribution < 1.29 is 9.59 Å². The van der Waals surface area contributed by atoms with Gasteiger partial charge in [-0.2, -0.15) is 0 Å². The molecule has 0 radical (unpaired) electrons. The molecule has 6 heteroatoms. The molecule has 1 aromatic carbocycles. The molecule has 98 valence electrons. The van der Waals surface area contributed by atoms with Gasteiger partial charge in [-0.3, -0.25) is 9.59 Å². The molecule has 1 rings (SSSR count). The number of carbonyl (C=O) groups is 2. The number of hydrogen-bond donors (Lipinski definition) is 3. The zero-order chi connectivity index (χ0) is 13.7. The van der Waals surface area contributed by atoms with Crippen LogP contribution in [0.2, 0.25) is 5.02 Å². The number of benzene rings is 1. The van der Waals surface area contributed by atoms with Crippen LogP contribution in [0.15, 0.2) is 18.2 Å². The first-order valence-corrected chi connectivity index (χ1v) is 5.90. The van der Waals surface area contributed by atoms with Gasteiger partial charge in [-0.1, -0.05) is 11.6 Å². The van der Waals surface area contributed by atoms with Gasteiger partial charge in [0.2, 0.25) is 5.91 Å². The summed E-state index contributed by atoms with van der Waals surface area (Å²) >= 11 is 5.75. The number of nitrogen functional groups attached to an aromatic ring is 1. The number of amides is 2. The quantitative estimate of drug-likeness (QED) is 0.718. The Hall–Kier alpha value is -1.75. The maximum absolute atomic E-state index is 11.7. The van der Waals surface area contributed by atoms with Crippen molar-refractivity contribution in [3.63, 3.8) is 0 Å². The van der Waals surface area contributed by atoms with Gasteiger partial charge in [0.1, 0.15) is 0 Å². The monoisotopic (exact) mass is 269 g/mol. The van der Waals surface area contributed by atoms with Gasteiger partial charge in [0.25, 0.3) is 5.91 Å². The van der Waals surface area contributed by atoms with Gasteiger partial charge >= 0.3 is 0 Å². The molecule has 18 heavy (non-hydrogen) atoms. The van der Waals surface area contributed by atoms with E-state index in [4.69, 9.17) is 17.3 Å². The zero-order valence-electron chi connectivity index (χ0n) is 10.3. The number of nitrogens with two attached hydrogens (primary N) is 1. The second-order valence-electron chi connectivity index (χ2n) is 4.14. The van der Waals surface area contributed by atoms with Crippen LogP contribution in [0.25, 0.3) is 0 Å². The summed E-state index contributed by atoms with van der Waals surface area (Å²) in [5, 5.41) is 5.56. The molecule has 0 saturated carbocycles. The van der Waals surface area contributed by atoms with Gasteiger partial charge in [-0.25, -0.2) is 0 Å². The van der Waals surface area contributed by atoms with E-state index >= 15 is 0 Å². The van der Waals surface area contributed by atoms with E-state index in [2.05, 4.69) is 10.6 Å². The lowest BCUT2D eigenvalue weighted by Crippen LogP contribution is -2.39. The number of halogens is 1. The Balaban J connectivity index is 2.55. The number of rotatable bonds is 4. The fourth-order valence-corrected chi connectivity index (χ4v) is 1.44. The highest BCUT2D eigenvalue weighted by Gasteiger charge is 2.09. The van der Waals surface area contributed by atoms with E-state index in [1.54, 1.807) is 12.1 Å². The minimum absolute atomic E-state index is 0.0422. The summed E-state index contributed by atoms with van der Waals surface area (Å²) in [6, 6.07) is 4.60. The van der Waals surface area contributed by atoms with Crippen molar-refractivity contribution in [3.05, 3.63) is 28.8 Å². The van der Waals surface area contributed by atoms with E-state index in [9.17, 15) is 9.59 Å². The van der Waals surface area contributed by atoms with Crippen molar-refractivity contribution in [1.29, 1.82) is 0 Å². The van der Waals surface area contributed by atoms with E-state index in [0.29, 0.717) is 16.3 Å². The molecule has 0 fully saturated rings. The Labute approximate surface area is 111 Å². The molecule has 0 heterocycles. The first-order valence-electron chi connectivity index (χ1n) is 5.52. The third kappa shape index (κ3) is 4.25. The highest BCUT2D eigenvalue weighted by Crippen LogP contribution is 2.19. The second kappa shape index (κ2) is 6.26. The summed E-state index contributed by atoms with van der Waals surface area (Å²) in [4.78, 5) is 23.0. The van der Waals surface area contributed by atoms with E-state index in [1.165, 1.54) is 6.07 Å². The van der Waals surface area contributed by atoms with E-state index < -0.39 is 0 Å². The molecular weight excluding hydrogens is 254 g/mol. The molecule has 0 bridgehead atoms. The van der Waals surface area contributed by atoms with Crippen LogP contribution in [0.4, 0.5) is 5.69 Å². The highest BCUT2D eigenvalue weighted by molar-refractivity contribution is 6.33. The lowest BCUT2D eigenvalue weighted by molar-refractivity contribution is -0.120. The SMILES string of the molecule is CC(C)NC(=O)CNC(=O)c1ccc(Cl)c(N)c1. The summed E-state index contributed by atoms with van der Waals surface area (Å²) in [6.07, 6.45) is 0. The summed E-state index contributed by atoms with van der Waals surface area (Å²) in [7, 11) is 0. The topological polar surface area (TPSA) is 84.2 Å². The molecule has 0 saturated heterocycles. The molecule has 0 aliphatic carbocycles. The number of hydrogen-bond acceptors (Lipinski definition) is 3. The predicted octanol–water partition coefficient (Wildman–Crippen LogP) is 1.18. The van der Waals surface area contributed by atoms with Gasteiger partial charge in [0, 0.05) is 11.6 Å². The van der Waals surface area contributed by atoms with Crippen LogP contribution in [0.5, 0.6) is 0 Å². The van der Waals surface area contributed by atoms with Gasteiger partial charge in [-0.05, 0) is 32.0 Å². The number of nitrogens with one attached hydrogen (secondary N) is 2. The molecule has 1 aromatic rings. The maximum Gasteiger partial charge on any atom is 0.251 e. The number of anilines is 1. The molecule has 0 aliphatic rings. The van der Waals surface area contributed by atoms with Gasteiger partial charge in [0.15, 0.2) is 0 Å². The average molecular weight is 270 g/mol. The standard InChI is InChI=1S/C12H16ClN3O2/c1-7(2)16-11(17)6-15-12(18)8-3-4-9(13)10(14)5-8/h3-5,7H,6,14H2,1-2H3,(H,15,18)(H,16,17). The third-order valence-corrected chi connectivity index (χ3v) is 2.46. The molecule has 4 N–H and O–H groups in total. The zero-order valence-corrected chi connectivity index (χ0v) is 11.0. The predicted molar refractivity (Wildman–Crippen MR) is 71.5 cm³/mol. The smallest absolute Gasteiger partial charge is 0.251 e. The molecule has 0 spiro atoms. The Morgan fingerprint density at radius 2 is 2.06 bits per heavy atom. The van der Waals surface area contributed by atoms with Crippen molar-refractivity contribution in [3.8, 4) is 0 Å². The fraction of sp³-hybridized carbons (Fsp3) is 0.333. The van der Waals surface area contributed by atoms with E-state index in [1.807, 2.05) is 13.8 Å². The average Bonchev–Trinajstić information content (AvgIpc) is 2.28. The minimum Gasteiger partial charge on any atom is -0.398 e. The van der Waals surface area contributed by atoms with Crippen LogP contribution in [-0.2, 0) is 4.79 Å². The van der Waals surface area contributed by atoms with Crippen LogP contribution < -0.4 is 16.4 Å². The first kappa shape index (κ1) is 14.3. The van der Waals surface area contributed by atoms with Crippen molar-refractivity contribution in [2.24, 2.45) is 0 Å². The van der Waals surface area contributed by atoms with Crippen molar-refractivity contribution >= 4 is 29.1 Å². The Bertz CT molecular complexity index is 461. The second-order valence-corrected chi connectivity index (χ2v) is 4.55. The molecule has 5 nitrogen and oxygen atoms in total. The molecule has 0 aliphatic heterocycles. The molecule has 0 atom stereocenters. The number of carbonyl (C=O) groups excluding carboxylic acids is 2. The van der Waals surface area contributed by atoms with Crippen LogP contribution >= 0.6 is 11.6 Å². The molecule has 0 unspecified atom stereocenters. The highest BCUT2D eigenvalue weighted by atomic mass is 35.5. The summed E-state index contributed by atoms with van der Waals surface area (Å²) in [5.41, 5.74) is 6.29. The van der Waals surface area contributed by atoms with Crippen LogP contribution in [-0.4, -0.2) is 24.4 Å². The van der Waals surface area contributed by atoms with Crippen LogP contribution in [0.3, 0.4) is 0 Å².